The molecule has 3 rings (SSSR count). The van der Waals surface area contributed by atoms with Gasteiger partial charge in [-0.1, -0.05) is 6.92 Å². The first-order chi connectivity index (χ1) is 17.3. The fraction of sp³-hybridized carbons (Fsp3) is 0.458. The van der Waals surface area contributed by atoms with Crippen LogP contribution in [0.1, 0.15) is 24.2 Å². The SMILES string of the molecule is COc1ccc(S(=O)(=O)Nc2ccc3c(c2)C(=O)N([C@@H](C)CO)C[C@H](C)[C@H](CN(C)S(C)(=O)=O)O3)cc1. The van der Waals surface area contributed by atoms with Crippen molar-refractivity contribution in [1.82, 2.24) is 9.21 Å². The zero-order chi connectivity index (χ0) is 27.5. The van der Waals surface area contributed by atoms with E-state index in [1.165, 1.54) is 65.8 Å². The first kappa shape index (κ1) is 28.7. The normalized spacial score (nSPS) is 19.4. The second kappa shape index (κ2) is 11.3. The van der Waals surface area contributed by atoms with E-state index in [1.807, 2.05) is 6.92 Å². The molecule has 0 fully saturated rings. The molecule has 0 unspecified atom stereocenters. The minimum Gasteiger partial charge on any atom is -0.497 e. The van der Waals surface area contributed by atoms with Crippen molar-refractivity contribution in [2.75, 3.05) is 44.8 Å². The van der Waals surface area contributed by atoms with Gasteiger partial charge in [0, 0.05) is 25.2 Å². The van der Waals surface area contributed by atoms with E-state index >= 15 is 0 Å². The molecule has 37 heavy (non-hydrogen) atoms. The molecule has 0 saturated carbocycles. The summed E-state index contributed by atoms with van der Waals surface area (Å²) in [7, 11) is -4.53. The second-order valence-corrected chi connectivity index (χ2v) is 12.9. The van der Waals surface area contributed by atoms with Crippen molar-refractivity contribution < 1.29 is 36.2 Å². The van der Waals surface area contributed by atoms with Crippen LogP contribution in [-0.4, -0.2) is 89.3 Å². The van der Waals surface area contributed by atoms with E-state index in [4.69, 9.17) is 9.47 Å². The lowest BCUT2D eigenvalue weighted by Crippen LogP contribution is -2.50. The van der Waals surface area contributed by atoms with Gasteiger partial charge in [-0.3, -0.25) is 9.52 Å². The molecule has 13 heteroatoms. The van der Waals surface area contributed by atoms with E-state index in [0.717, 1.165) is 6.26 Å². The number of sulfonamides is 2. The smallest absolute Gasteiger partial charge is 0.261 e. The van der Waals surface area contributed by atoms with E-state index in [2.05, 4.69) is 4.72 Å². The van der Waals surface area contributed by atoms with Gasteiger partial charge in [-0.15, -0.1) is 0 Å². The summed E-state index contributed by atoms with van der Waals surface area (Å²) in [5, 5.41) is 9.78. The van der Waals surface area contributed by atoms with Crippen molar-refractivity contribution in [2.24, 2.45) is 5.92 Å². The summed E-state index contributed by atoms with van der Waals surface area (Å²) in [6, 6.07) is 9.64. The van der Waals surface area contributed by atoms with Crippen LogP contribution < -0.4 is 14.2 Å². The number of carbonyl (C=O) groups excluding carboxylic acids is 1. The number of aliphatic hydroxyl groups excluding tert-OH is 1. The molecule has 0 spiro atoms. The number of hydrogen-bond acceptors (Lipinski definition) is 8. The number of rotatable bonds is 9. The lowest BCUT2D eigenvalue weighted by Gasteiger charge is -2.38. The molecule has 2 N–H and O–H groups in total. The number of anilines is 1. The van der Waals surface area contributed by atoms with Gasteiger partial charge in [-0.2, -0.15) is 0 Å². The van der Waals surface area contributed by atoms with Crippen LogP contribution in [0.3, 0.4) is 0 Å². The maximum atomic E-state index is 13.5. The Bertz CT molecular complexity index is 1330. The molecule has 3 atom stereocenters. The maximum Gasteiger partial charge on any atom is 0.261 e. The fourth-order valence-corrected chi connectivity index (χ4v) is 5.33. The Kier molecular flexibility index (Phi) is 8.73. The van der Waals surface area contributed by atoms with Crippen molar-refractivity contribution in [3.8, 4) is 11.5 Å². The highest BCUT2D eigenvalue weighted by Crippen LogP contribution is 2.31. The third kappa shape index (κ3) is 6.72. The number of nitrogens with one attached hydrogen (secondary N) is 1. The van der Waals surface area contributed by atoms with Crippen molar-refractivity contribution in [1.29, 1.82) is 0 Å². The zero-order valence-corrected chi connectivity index (χ0v) is 23.0. The molecule has 0 aliphatic carbocycles. The summed E-state index contributed by atoms with van der Waals surface area (Å²) in [5.74, 6) is -0.0236. The van der Waals surface area contributed by atoms with Crippen LogP contribution in [0, 0.1) is 5.92 Å². The zero-order valence-electron chi connectivity index (χ0n) is 21.4. The minimum atomic E-state index is -3.97. The number of aliphatic hydroxyl groups is 1. The molecule has 0 radical (unpaired) electrons. The third-order valence-corrected chi connectivity index (χ3v) is 8.97. The summed E-state index contributed by atoms with van der Waals surface area (Å²) in [4.78, 5) is 15.0. The van der Waals surface area contributed by atoms with Crippen LogP contribution in [0.4, 0.5) is 5.69 Å². The largest absolute Gasteiger partial charge is 0.497 e. The van der Waals surface area contributed by atoms with Gasteiger partial charge >= 0.3 is 0 Å². The van der Waals surface area contributed by atoms with E-state index < -0.39 is 38.1 Å². The molecule has 1 aliphatic heterocycles. The van der Waals surface area contributed by atoms with E-state index in [1.54, 1.807) is 6.92 Å². The molecular weight excluding hydrogens is 522 g/mol. The van der Waals surface area contributed by atoms with Gasteiger partial charge in [-0.05, 0) is 49.4 Å². The average molecular weight is 556 g/mol. The van der Waals surface area contributed by atoms with Crippen molar-refractivity contribution in [3.63, 3.8) is 0 Å². The summed E-state index contributed by atoms with van der Waals surface area (Å²) in [5.41, 5.74) is 0.232. The van der Waals surface area contributed by atoms with Gasteiger partial charge in [0.2, 0.25) is 10.0 Å². The molecule has 1 aliphatic rings. The van der Waals surface area contributed by atoms with Gasteiger partial charge in [0.25, 0.3) is 15.9 Å². The van der Waals surface area contributed by atoms with E-state index in [0.29, 0.717) is 5.75 Å². The fourth-order valence-electron chi connectivity index (χ4n) is 3.86. The predicted octanol–water partition coefficient (Wildman–Crippen LogP) is 1.61. The number of methoxy groups -OCH3 is 1. The molecule has 11 nitrogen and oxygen atoms in total. The first-order valence-electron chi connectivity index (χ1n) is 11.6. The number of ether oxygens (including phenoxy) is 2. The minimum absolute atomic E-state index is 0.0100. The van der Waals surface area contributed by atoms with Crippen molar-refractivity contribution >= 4 is 31.6 Å². The summed E-state index contributed by atoms with van der Waals surface area (Å²) in [6.45, 7) is 3.49. The summed E-state index contributed by atoms with van der Waals surface area (Å²) in [6.07, 6.45) is 0.487. The lowest BCUT2D eigenvalue weighted by molar-refractivity contribution is 0.0387. The molecule has 204 valence electrons. The van der Waals surface area contributed by atoms with Crippen LogP contribution in [0.2, 0.25) is 0 Å². The Labute approximate surface area is 218 Å². The number of fused-ring (bicyclic) bond motifs is 1. The van der Waals surface area contributed by atoms with Crippen LogP contribution in [0.15, 0.2) is 47.4 Å². The highest BCUT2D eigenvalue weighted by atomic mass is 32.2. The van der Waals surface area contributed by atoms with Gasteiger partial charge < -0.3 is 19.5 Å². The van der Waals surface area contributed by atoms with E-state index in [9.17, 15) is 26.7 Å². The van der Waals surface area contributed by atoms with Gasteiger partial charge in [0.05, 0.1) is 43.0 Å². The summed E-state index contributed by atoms with van der Waals surface area (Å²) >= 11 is 0. The Morgan fingerprint density at radius 1 is 1.19 bits per heavy atom. The van der Waals surface area contributed by atoms with E-state index in [-0.39, 0.29) is 47.5 Å². The quantitative estimate of drug-likeness (QED) is 0.475. The van der Waals surface area contributed by atoms with Gasteiger partial charge in [-0.25, -0.2) is 21.1 Å². The average Bonchev–Trinajstić information content (AvgIpc) is 2.85. The Balaban J connectivity index is 2.00. The lowest BCUT2D eigenvalue weighted by atomic mass is 9.99. The van der Waals surface area contributed by atoms with Crippen molar-refractivity contribution in [3.05, 3.63) is 48.0 Å². The third-order valence-electron chi connectivity index (χ3n) is 6.29. The highest BCUT2D eigenvalue weighted by molar-refractivity contribution is 7.92. The standard InChI is InChI=1S/C24H33N3O8S2/c1-16-13-27(17(2)15-28)24(29)21-12-18(25-37(32,33)20-9-7-19(34-4)8-10-20)6-11-22(21)35-23(16)14-26(3)36(5,30)31/h6-12,16-17,23,25,28H,13-15H2,1-5H3/t16-,17-,23-/m0/s1. The topological polar surface area (TPSA) is 143 Å². The predicted molar refractivity (Wildman–Crippen MR) is 139 cm³/mol. The van der Waals surface area contributed by atoms with Gasteiger partial charge in [0.15, 0.2) is 0 Å². The second-order valence-electron chi connectivity index (χ2n) is 9.16. The number of amides is 1. The van der Waals surface area contributed by atoms with Crippen LogP contribution >= 0.6 is 0 Å². The number of nitrogens with zero attached hydrogens (tertiary/aromatic N) is 2. The monoisotopic (exact) mass is 555 g/mol. The highest BCUT2D eigenvalue weighted by Gasteiger charge is 2.34. The van der Waals surface area contributed by atoms with Crippen LogP contribution in [0.25, 0.3) is 0 Å². The number of likely N-dealkylation sites (N-methyl/N-ethyl adjacent to an activating group) is 1. The maximum absolute atomic E-state index is 13.5. The number of carbonyl (C=O) groups is 1. The van der Waals surface area contributed by atoms with Crippen LogP contribution in [0.5, 0.6) is 11.5 Å². The Morgan fingerprint density at radius 3 is 2.41 bits per heavy atom. The Hall–Kier alpha value is -2.87. The van der Waals surface area contributed by atoms with Crippen molar-refractivity contribution in [2.45, 2.75) is 30.9 Å². The number of benzene rings is 2. The van der Waals surface area contributed by atoms with Crippen LogP contribution in [-0.2, 0) is 20.0 Å². The number of hydrogen-bond donors (Lipinski definition) is 2. The Morgan fingerprint density at radius 2 is 1.84 bits per heavy atom. The van der Waals surface area contributed by atoms with Gasteiger partial charge in [0.1, 0.15) is 17.6 Å². The molecule has 0 saturated heterocycles. The molecule has 2 aromatic rings. The molecule has 0 bridgehead atoms. The molecule has 1 amide bonds. The molecule has 2 aromatic carbocycles. The molecular formula is C24H33N3O8S2. The summed E-state index contributed by atoms with van der Waals surface area (Å²) < 4.78 is 64.7. The molecule has 1 heterocycles. The molecule has 0 aromatic heterocycles. The first-order valence-corrected chi connectivity index (χ1v) is 14.9.